The van der Waals surface area contributed by atoms with Gasteiger partial charge in [0.1, 0.15) is 5.82 Å². The number of benzene rings is 1. The molecule has 0 amide bonds. The van der Waals surface area contributed by atoms with Crippen LogP contribution in [-0.4, -0.2) is 9.78 Å². The quantitative estimate of drug-likeness (QED) is 0.810. The van der Waals surface area contributed by atoms with Crippen molar-refractivity contribution in [1.29, 1.82) is 5.26 Å². The molecular weight excluding hydrogens is 212 g/mol. The van der Waals surface area contributed by atoms with E-state index < -0.39 is 0 Å². The van der Waals surface area contributed by atoms with E-state index in [2.05, 4.69) is 11.2 Å². The fraction of sp³-hybridized carbons (Fsp3) is 0.231. The molecular formula is C13H14N4. The molecule has 0 saturated heterocycles. The molecule has 4 heteroatoms. The molecule has 0 spiro atoms. The fourth-order valence-electron chi connectivity index (χ4n) is 1.80. The van der Waals surface area contributed by atoms with Crippen molar-refractivity contribution in [2.75, 3.05) is 5.73 Å². The minimum absolute atomic E-state index is 0.608. The summed E-state index contributed by atoms with van der Waals surface area (Å²) in [5.41, 5.74) is 10.5. The van der Waals surface area contributed by atoms with E-state index in [0.29, 0.717) is 11.4 Å². The highest BCUT2D eigenvalue weighted by Crippen LogP contribution is 2.28. The van der Waals surface area contributed by atoms with Crippen LogP contribution < -0.4 is 5.73 Å². The number of anilines is 1. The minimum Gasteiger partial charge on any atom is -0.383 e. The van der Waals surface area contributed by atoms with E-state index in [-0.39, 0.29) is 0 Å². The molecule has 0 aliphatic heterocycles. The van der Waals surface area contributed by atoms with Crippen LogP contribution in [0, 0.1) is 25.2 Å². The van der Waals surface area contributed by atoms with E-state index in [0.717, 1.165) is 22.3 Å². The molecule has 0 bridgehead atoms. The van der Waals surface area contributed by atoms with Crippen LogP contribution in [0.3, 0.4) is 0 Å². The minimum atomic E-state index is 0.608. The van der Waals surface area contributed by atoms with E-state index >= 15 is 0 Å². The first kappa shape index (κ1) is 11.2. The van der Waals surface area contributed by atoms with Crippen LogP contribution in [0.5, 0.6) is 0 Å². The largest absolute Gasteiger partial charge is 0.383 e. The van der Waals surface area contributed by atoms with Gasteiger partial charge in [0.2, 0.25) is 0 Å². The molecule has 1 heterocycles. The van der Waals surface area contributed by atoms with E-state index in [1.165, 1.54) is 0 Å². The third-order valence-corrected chi connectivity index (χ3v) is 3.08. The average Bonchev–Trinajstić information content (AvgIpc) is 2.64. The number of nitrogens with zero attached hydrogens (tertiary/aromatic N) is 3. The molecule has 0 saturated carbocycles. The van der Waals surface area contributed by atoms with Crippen LogP contribution in [0.25, 0.3) is 11.1 Å². The van der Waals surface area contributed by atoms with Crippen molar-refractivity contribution in [3.8, 4) is 17.2 Å². The van der Waals surface area contributed by atoms with Gasteiger partial charge in [0.05, 0.1) is 17.8 Å². The van der Waals surface area contributed by atoms with Crippen molar-refractivity contribution >= 4 is 5.82 Å². The summed E-state index contributed by atoms with van der Waals surface area (Å²) in [6.07, 6.45) is 1.72. The number of hydrogen-bond acceptors (Lipinski definition) is 3. The van der Waals surface area contributed by atoms with Crippen molar-refractivity contribution in [1.82, 2.24) is 9.78 Å². The van der Waals surface area contributed by atoms with E-state index in [9.17, 15) is 0 Å². The zero-order chi connectivity index (χ0) is 12.6. The van der Waals surface area contributed by atoms with Gasteiger partial charge in [-0.2, -0.15) is 10.4 Å². The molecule has 86 valence electrons. The second-order valence-corrected chi connectivity index (χ2v) is 4.14. The van der Waals surface area contributed by atoms with Gasteiger partial charge in [-0.15, -0.1) is 0 Å². The monoisotopic (exact) mass is 226 g/mol. The van der Waals surface area contributed by atoms with Crippen LogP contribution in [-0.2, 0) is 7.05 Å². The number of nitrogens with two attached hydrogens (primary N) is 1. The molecule has 17 heavy (non-hydrogen) atoms. The Hall–Kier alpha value is -2.28. The SMILES string of the molecule is Cc1cc(-c2cnn(C)c2N)cc(C#N)c1C. The molecule has 0 radical (unpaired) electrons. The summed E-state index contributed by atoms with van der Waals surface area (Å²) < 4.78 is 1.62. The second-order valence-electron chi connectivity index (χ2n) is 4.14. The highest BCUT2D eigenvalue weighted by molar-refractivity contribution is 5.75. The summed E-state index contributed by atoms with van der Waals surface area (Å²) in [4.78, 5) is 0. The van der Waals surface area contributed by atoms with Crippen LogP contribution in [0.2, 0.25) is 0 Å². The van der Waals surface area contributed by atoms with Crippen molar-refractivity contribution in [3.05, 3.63) is 35.0 Å². The smallest absolute Gasteiger partial charge is 0.129 e. The van der Waals surface area contributed by atoms with Gasteiger partial charge < -0.3 is 5.73 Å². The van der Waals surface area contributed by atoms with Crippen molar-refractivity contribution in [2.45, 2.75) is 13.8 Å². The van der Waals surface area contributed by atoms with Crippen LogP contribution in [0.15, 0.2) is 18.3 Å². The van der Waals surface area contributed by atoms with E-state index in [4.69, 9.17) is 11.0 Å². The van der Waals surface area contributed by atoms with Gasteiger partial charge in [-0.3, -0.25) is 4.68 Å². The Morgan fingerprint density at radius 1 is 1.35 bits per heavy atom. The first-order valence-corrected chi connectivity index (χ1v) is 5.33. The number of nitrogen functional groups attached to an aromatic ring is 1. The van der Waals surface area contributed by atoms with Crippen molar-refractivity contribution in [3.63, 3.8) is 0 Å². The van der Waals surface area contributed by atoms with Gasteiger partial charge in [0.15, 0.2) is 0 Å². The number of nitriles is 1. The Labute approximate surface area is 100 Å². The third kappa shape index (κ3) is 1.76. The number of hydrogen-bond donors (Lipinski definition) is 1. The first-order valence-electron chi connectivity index (χ1n) is 5.33. The lowest BCUT2D eigenvalue weighted by molar-refractivity contribution is 0.779. The van der Waals surface area contributed by atoms with Gasteiger partial charge in [-0.05, 0) is 36.6 Å². The lowest BCUT2D eigenvalue weighted by Gasteiger charge is -2.07. The standard InChI is InChI=1S/C13H14N4/c1-8-4-10(5-11(6-14)9(8)2)12-7-16-17(3)13(12)15/h4-5,7H,15H2,1-3H3. The topological polar surface area (TPSA) is 67.6 Å². The summed E-state index contributed by atoms with van der Waals surface area (Å²) in [5.74, 6) is 0.608. The lowest BCUT2D eigenvalue weighted by Crippen LogP contribution is -1.98. The van der Waals surface area contributed by atoms with Gasteiger partial charge >= 0.3 is 0 Å². The maximum Gasteiger partial charge on any atom is 0.129 e. The Morgan fingerprint density at radius 2 is 2.06 bits per heavy atom. The Bertz CT molecular complexity index is 617. The summed E-state index contributed by atoms with van der Waals surface area (Å²) in [5, 5.41) is 13.2. The highest BCUT2D eigenvalue weighted by atomic mass is 15.3. The van der Waals surface area contributed by atoms with Crippen LogP contribution in [0.4, 0.5) is 5.82 Å². The maximum atomic E-state index is 9.09. The van der Waals surface area contributed by atoms with E-state index in [1.807, 2.05) is 26.0 Å². The van der Waals surface area contributed by atoms with Crippen molar-refractivity contribution in [2.24, 2.45) is 7.05 Å². The maximum absolute atomic E-state index is 9.09. The summed E-state index contributed by atoms with van der Waals surface area (Å²) in [6.45, 7) is 3.94. The molecule has 1 aromatic carbocycles. The van der Waals surface area contributed by atoms with E-state index in [1.54, 1.807) is 17.9 Å². The van der Waals surface area contributed by atoms with Gasteiger partial charge in [-0.25, -0.2) is 0 Å². The number of rotatable bonds is 1. The summed E-state index contributed by atoms with van der Waals surface area (Å²) in [7, 11) is 1.80. The Morgan fingerprint density at radius 3 is 2.59 bits per heavy atom. The molecule has 0 unspecified atom stereocenters. The van der Waals surface area contributed by atoms with Crippen LogP contribution in [0.1, 0.15) is 16.7 Å². The molecule has 0 atom stereocenters. The lowest BCUT2D eigenvalue weighted by atomic mass is 9.97. The summed E-state index contributed by atoms with van der Waals surface area (Å²) >= 11 is 0. The Kier molecular flexibility index (Phi) is 2.60. The third-order valence-electron chi connectivity index (χ3n) is 3.08. The molecule has 2 N–H and O–H groups in total. The van der Waals surface area contributed by atoms with Crippen LogP contribution >= 0.6 is 0 Å². The first-order chi connectivity index (χ1) is 8.04. The zero-order valence-electron chi connectivity index (χ0n) is 10.2. The average molecular weight is 226 g/mol. The molecule has 2 aromatic rings. The predicted molar refractivity (Wildman–Crippen MR) is 67.2 cm³/mol. The highest BCUT2D eigenvalue weighted by Gasteiger charge is 2.10. The van der Waals surface area contributed by atoms with Gasteiger partial charge in [0.25, 0.3) is 0 Å². The molecule has 4 nitrogen and oxygen atoms in total. The van der Waals surface area contributed by atoms with Crippen molar-refractivity contribution < 1.29 is 0 Å². The zero-order valence-corrected chi connectivity index (χ0v) is 10.2. The molecule has 2 rings (SSSR count). The molecule has 0 aliphatic rings. The predicted octanol–water partition coefficient (Wildman–Crippen LogP) is 2.16. The molecule has 0 aliphatic carbocycles. The van der Waals surface area contributed by atoms with Gasteiger partial charge in [0, 0.05) is 12.6 Å². The second kappa shape index (κ2) is 3.95. The number of aromatic nitrogens is 2. The number of aryl methyl sites for hydroxylation is 2. The molecule has 1 aromatic heterocycles. The Balaban J connectivity index is 2.66. The van der Waals surface area contributed by atoms with Gasteiger partial charge in [-0.1, -0.05) is 6.07 Å². The normalized spacial score (nSPS) is 10.2. The fourth-order valence-corrected chi connectivity index (χ4v) is 1.80. The molecule has 0 fully saturated rings. The summed E-state index contributed by atoms with van der Waals surface area (Å²) in [6, 6.07) is 6.09.